The third-order valence-corrected chi connectivity index (χ3v) is 3.24. The number of halogens is 2. The average Bonchev–Trinajstić information content (AvgIpc) is 2.64. The highest BCUT2D eigenvalue weighted by Crippen LogP contribution is 2.22. The summed E-state index contributed by atoms with van der Waals surface area (Å²) in [7, 11) is 1.85. The maximum atomic E-state index is 6.22. The molecule has 96 valence electrons. The maximum Gasteiger partial charge on any atom is 0.138 e. The van der Waals surface area contributed by atoms with Crippen molar-refractivity contribution in [3.8, 4) is 5.75 Å². The van der Waals surface area contributed by atoms with Gasteiger partial charge in [-0.15, -0.1) is 0 Å². The molecule has 0 bridgehead atoms. The number of ether oxygens (including phenoxy) is 1. The van der Waals surface area contributed by atoms with Gasteiger partial charge in [-0.3, -0.25) is 4.68 Å². The Hall–Kier alpha value is -1.26. The monoisotopic (exact) mass is 285 g/mol. The summed E-state index contributed by atoms with van der Waals surface area (Å²) in [6.07, 6.45) is 2.38. The van der Waals surface area contributed by atoms with Crippen LogP contribution >= 0.6 is 23.2 Å². The predicted molar refractivity (Wildman–Crippen MR) is 71.2 cm³/mol. The molecule has 2 aromatic heterocycles. The summed E-state index contributed by atoms with van der Waals surface area (Å²) in [6, 6.07) is 3.44. The van der Waals surface area contributed by atoms with Gasteiger partial charge in [-0.05, 0) is 18.6 Å². The van der Waals surface area contributed by atoms with Gasteiger partial charge in [0.1, 0.15) is 17.5 Å². The van der Waals surface area contributed by atoms with Crippen LogP contribution in [0.5, 0.6) is 5.75 Å². The van der Waals surface area contributed by atoms with Crippen molar-refractivity contribution in [2.75, 3.05) is 0 Å². The molecule has 0 saturated carbocycles. The van der Waals surface area contributed by atoms with E-state index in [2.05, 4.69) is 10.1 Å². The van der Waals surface area contributed by atoms with E-state index < -0.39 is 0 Å². The Labute approximate surface area is 115 Å². The van der Waals surface area contributed by atoms with Crippen LogP contribution in [-0.4, -0.2) is 14.8 Å². The molecule has 0 unspecified atom stereocenters. The first-order valence-electron chi connectivity index (χ1n) is 5.56. The molecule has 0 aromatic carbocycles. The zero-order valence-electron chi connectivity index (χ0n) is 10.2. The predicted octanol–water partition coefficient (Wildman–Crippen LogP) is 3.26. The number of aromatic nitrogens is 3. The Kier molecular flexibility index (Phi) is 4.09. The van der Waals surface area contributed by atoms with Gasteiger partial charge in [-0.25, -0.2) is 4.98 Å². The van der Waals surface area contributed by atoms with Crippen molar-refractivity contribution in [1.82, 2.24) is 14.8 Å². The number of hydrogen-bond acceptors (Lipinski definition) is 3. The first kappa shape index (κ1) is 13.2. The van der Waals surface area contributed by atoms with Crippen LogP contribution in [0.2, 0.25) is 10.2 Å². The molecule has 4 nitrogen and oxygen atoms in total. The van der Waals surface area contributed by atoms with Gasteiger partial charge in [0, 0.05) is 7.05 Å². The topological polar surface area (TPSA) is 39.9 Å². The van der Waals surface area contributed by atoms with E-state index in [9.17, 15) is 0 Å². The second-order valence-electron chi connectivity index (χ2n) is 3.79. The smallest absolute Gasteiger partial charge is 0.138 e. The molecule has 0 fully saturated rings. The van der Waals surface area contributed by atoms with Gasteiger partial charge in [0.15, 0.2) is 0 Å². The lowest BCUT2D eigenvalue weighted by molar-refractivity contribution is 0.294. The lowest BCUT2D eigenvalue weighted by Crippen LogP contribution is -2.03. The van der Waals surface area contributed by atoms with Crippen molar-refractivity contribution in [2.24, 2.45) is 7.05 Å². The van der Waals surface area contributed by atoms with E-state index >= 15 is 0 Å². The molecule has 18 heavy (non-hydrogen) atoms. The summed E-state index contributed by atoms with van der Waals surface area (Å²) < 4.78 is 7.34. The van der Waals surface area contributed by atoms with E-state index in [0.717, 1.165) is 17.8 Å². The molecule has 2 aromatic rings. The highest BCUT2D eigenvalue weighted by molar-refractivity contribution is 6.31. The number of aryl methyl sites for hydroxylation is 2. The second-order valence-corrected chi connectivity index (χ2v) is 4.56. The first-order valence-corrected chi connectivity index (χ1v) is 6.32. The summed E-state index contributed by atoms with van der Waals surface area (Å²) in [5.41, 5.74) is 1.73. The van der Waals surface area contributed by atoms with Gasteiger partial charge in [-0.1, -0.05) is 30.1 Å². The minimum Gasteiger partial charge on any atom is -0.486 e. The molecule has 0 aliphatic heterocycles. The van der Waals surface area contributed by atoms with E-state index in [1.807, 2.05) is 14.0 Å². The molecule has 0 atom stereocenters. The van der Waals surface area contributed by atoms with Gasteiger partial charge in [0.2, 0.25) is 0 Å². The van der Waals surface area contributed by atoms with E-state index in [1.54, 1.807) is 23.0 Å². The van der Waals surface area contributed by atoms with Crippen molar-refractivity contribution >= 4 is 23.2 Å². The molecule has 0 saturated heterocycles. The third-order valence-electron chi connectivity index (χ3n) is 2.58. The average molecular weight is 286 g/mol. The van der Waals surface area contributed by atoms with Gasteiger partial charge in [0.25, 0.3) is 0 Å². The quantitative estimate of drug-likeness (QED) is 0.810. The SMILES string of the molecule is CCc1nn(C)c(COc2ccc(Cl)nc2)c1Cl. The minimum absolute atomic E-state index is 0.353. The second kappa shape index (κ2) is 5.59. The molecular formula is C12H13Cl2N3O. The van der Waals surface area contributed by atoms with E-state index in [1.165, 1.54) is 0 Å². The molecule has 0 aliphatic carbocycles. The standard InChI is InChI=1S/C12H13Cl2N3O/c1-3-9-12(14)10(17(2)16-9)7-18-8-4-5-11(13)15-6-8/h4-6H,3,7H2,1-2H3. The van der Waals surface area contributed by atoms with Crippen LogP contribution in [0.3, 0.4) is 0 Å². The van der Waals surface area contributed by atoms with Gasteiger partial charge in [-0.2, -0.15) is 5.10 Å². The summed E-state index contributed by atoms with van der Waals surface area (Å²) >= 11 is 11.9. The fourth-order valence-corrected chi connectivity index (χ4v) is 2.04. The van der Waals surface area contributed by atoms with Crippen molar-refractivity contribution in [3.05, 3.63) is 39.9 Å². The van der Waals surface area contributed by atoms with Crippen molar-refractivity contribution in [2.45, 2.75) is 20.0 Å². The lowest BCUT2D eigenvalue weighted by atomic mass is 10.3. The Morgan fingerprint density at radius 2 is 2.11 bits per heavy atom. The first-order chi connectivity index (χ1) is 8.61. The van der Waals surface area contributed by atoms with Crippen molar-refractivity contribution in [3.63, 3.8) is 0 Å². The number of nitrogens with zero attached hydrogens (tertiary/aromatic N) is 3. The van der Waals surface area contributed by atoms with E-state index in [0.29, 0.717) is 22.5 Å². The molecule has 0 radical (unpaired) electrons. The fraction of sp³-hybridized carbons (Fsp3) is 0.333. The highest BCUT2D eigenvalue weighted by atomic mass is 35.5. The van der Waals surface area contributed by atoms with Gasteiger partial charge < -0.3 is 4.74 Å². The van der Waals surface area contributed by atoms with Crippen LogP contribution < -0.4 is 4.74 Å². The minimum atomic E-state index is 0.353. The van der Waals surface area contributed by atoms with E-state index in [4.69, 9.17) is 27.9 Å². The zero-order valence-corrected chi connectivity index (χ0v) is 11.7. The van der Waals surface area contributed by atoms with Crippen molar-refractivity contribution < 1.29 is 4.74 Å². The van der Waals surface area contributed by atoms with Crippen LogP contribution in [0.4, 0.5) is 0 Å². The third kappa shape index (κ3) is 2.76. The number of pyridine rings is 1. The molecule has 2 heterocycles. The molecule has 0 N–H and O–H groups in total. The van der Waals surface area contributed by atoms with Crippen LogP contribution in [0.1, 0.15) is 18.3 Å². The molecular weight excluding hydrogens is 273 g/mol. The highest BCUT2D eigenvalue weighted by Gasteiger charge is 2.13. The molecule has 0 amide bonds. The Morgan fingerprint density at radius 1 is 1.33 bits per heavy atom. The summed E-state index contributed by atoms with van der Waals surface area (Å²) in [4.78, 5) is 3.94. The summed E-state index contributed by atoms with van der Waals surface area (Å²) in [5, 5.41) is 5.43. The van der Waals surface area contributed by atoms with E-state index in [-0.39, 0.29) is 0 Å². The number of rotatable bonds is 4. The van der Waals surface area contributed by atoms with Crippen LogP contribution in [-0.2, 0) is 20.1 Å². The summed E-state index contributed by atoms with van der Waals surface area (Å²) in [6.45, 7) is 2.37. The lowest BCUT2D eigenvalue weighted by Gasteiger charge is -2.06. The largest absolute Gasteiger partial charge is 0.486 e. The van der Waals surface area contributed by atoms with Crippen molar-refractivity contribution in [1.29, 1.82) is 0 Å². The zero-order chi connectivity index (χ0) is 13.1. The molecule has 2 rings (SSSR count). The number of hydrogen-bond donors (Lipinski definition) is 0. The van der Waals surface area contributed by atoms with Crippen LogP contribution in [0.15, 0.2) is 18.3 Å². The Bertz CT molecular complexity index is 537. The summed E-state index contributed by atoms with van der Waals surface area (Å²) in [5.74, 6) is 0.648. The normalized spacial score (nSPS) is 10.7. The molecule has 6 heteroatoms. The molecule has 0 aliphatic rings. The Morgan fingerprint density at radius 3 is 2.67 bits per heavy atom. The van der Waals surface area contributed by atoms with Crippen LogP contribution in [0, 0.1) is 0 Å². The Balaban J connectivity index is 2.10. The van der Waals surface area contributed by atoms with Gasteiger partial charge in [0.05, 0.1) is 22.6 Å². The maximum absolute atomic E-state index is 6.22. The van der Waals surface area contributed by atoms with Gasteiger partial charge >= 0.3 is 0 Å². The fourth-order valence-electron chi connectivity index (χ4n) is 1.58. The molecule has 0 spiro atoms. The van der Waals surface area contributed by atoms with Crippen LogP contribution in [0.25, 0.3) is 0 Å².